The van der Waals surface area contributed by atoms with Crippen LogP contribution in [0.25, 0.3) is 22.3 Å². The molecule has 0 fully saturated rings. The predicted octanol–water partition coefficient (Wildman–Crippen LogP) is 4.16. The Morgan fingerprint density at radius 2 is 2.10 bits per heavy atom. The highest BCUT2D eigenvalue weighted by molar-refractivity contribution is 6.06. The minimum atomic E-state index is -0.538. The molecule has 1 aromatic carbocycles. The van der Waals surface area contributed by atoms with Gasteiger partial charge in [-0.05, 0) is 24.6 Å². The van der Waals surface area contributed by atoms with Crippen LogP contribution in [0.5, 0.6) is 0 Å². The second-order valence-electron chi connectivity index (χ2n) is 6.98. The van der Waals surface area contributed by atoms with E-state index in [0.717, 1.165) is 17.7 Å². The molecule has 0 saturated carbocycles. The van der Waals surface area contributed by atoms with E-state index < -0.39 is 6.04 Å². The van der Waals surface area contributed by atoms with E-state index in [0.29, 0.717) is 35.3 Å². The van der Waals surface area contributed by atoms with Gasteiger partial charge in [0.25, 0.3) is 5.91 Å². The molecule has 1 amide bonds. The zero-order valence-corrected chi connectivity index (χ0v) is 16.6. The number of nitrogens with one attached hydrogen (secondary N) is 1. The molecule has 1 atom stereocenters. The number of pyridine rings is 1. The van der Waals surface area contributed by atoms with Gasteiger partial charge in [-0.1, -0.05) is 43.7 Å². The van der Waals surface area contributed by atoms with E-state index in [1.165, 1.54) is 0 Å². The third-order valence-electron chi connectivity index (χ3n) is 4.85. The molecule has 7 heteroatoms. The van der Waals surface area contributed by atoms with Gasteiger partial charge in [-0.15, -0.1) is 0 Å². The van der Waals surface area contributed by atoms with Crippen molar-refractivity contribution < 1.29 is 9.21 Å². The van der Waals surface area contributed by atoms with Crippen LogP contribution in [0.4, 0.5) is 0 Å². The summed E-state index contributed by atoms with van der Waals surface area (Å²) in [5.41, 5.74) is 2.59. The molecule has 0 bridgehead atoms. The van der Waals surface area contributed by atoms with Crippen molar-refractivity contribution in [3.05, 3.63) is 72.3 Å². The maximum absolute atomic E-state index is 13.1. The summed E-state index contributed by atoms with van der Waals surface area (Å²) in [4.78, 5) is 17.8. The molecule has 1 unspecified atom stereocenters. The van der Waals surface area contributed by atoms with Gasteiger partial charge in [-0.25, -0.2) is 9.67 Å². The maximum Gasteiger partial charge on any atom is 0.253 e. The summed E-state index contributed by atoms with van der Waals surface area (Å²) in [6.45, 7) is 2.38. The van der Waals surface area contributed by atoms with Crippen molar-refractivity contribution in [3.63, 3.8) is 0 Å². The molecule has 30 heavy (non-hydrogen) atoms. The summed E-state index contributed by atoms with van der Waals surface area (Å²) in [5.74, 6) is 0.433. The molecule has 3 aromatic heterocycles. The lowest BCUT2D eigenvalue weighted by Gasteiger charge is -2.12. The Hall–Kier alpha value is -3.92. The number of hydrogen-bond donors (Lipinski definition) is 1. The quantitative estimate of drug-likeness (QED) is 0.503. The van der Waals surface area contributed by atoms with Crippen molar-refractivity contribution in [2.45, 2.75) is 32.4 Å². The molecular formula is C23H21N5O2. The lowest BCUT2D eigenvalue weighted by atomic mass is 10.1. The van der Waals surface area contributed by atoms with E-state index in [1.807, 2.05) is 49.4 Å². The normalized spacial score (nSPS) is 11.9. The van der Waals surface area contributed by atoms with Gasteiger partial charge in [-0.3, -0.25) is 4.79 Å². The zero-order chi connectivity index (χ0) is 20.9. The topological polar surface area (TPSA) is 96.7 Å². The van der Waals surface area contributed by atoms with E-state index >= 15 is 0 Å². The monoisotopic (exact) mass is 399 g/mol. The number of carbonyl (C=O) groups is 1. The summed E-state index contributed by atoms with van der Waals surface area (Å²) < 4.78 is 7.15. The van der Waals surface area contributed by atoms with Crippen LogP contribution in [0.1, 0.15) is 35.9 Å². The van der Waals surface area contributed by atoms with E-state index in [-0.39, 0.29) is 5.91 Å². The third kappa shape index (κ3) is 3.94. The molecule has 0 aliphatic carbocycles. The Labute approximate surface area is 174 Å². The number of amides is 1. The number of furan rings is 1. The second-order valence-corrected chi connectivity index (χ2v) is 6.98. The largest absolute Gasteiger partial charge is 0.467 e. The first kappa shape index (κ1) is 19.4. The van der Waals surface area contributed by atoms with Crippen LogP contribution in [0.15, 0.2) is 65.4 Å². The van der Waals surface area contributed by atoms with Crippen molar-refractivity contribution in [2.75, 3.05) is 0 Å². The molecule has 4 rings (SSSR count). The Balaban J connectivity index is 1.80. The number of nitrogens with zero attached hydrogens (tertiary/aromatic N) is 4. The van der Waals surface area contributed by atoms with Gasteiger partial charge in [0.2, 0.25) is 0 Å². The standard InChI is InChI=1S/C23H21N5O2/c1-2-7-17(13-24)26-23(29)19-12-21(16-8-4-3-5-9-16)27-22-20(19)14-25-28(22)15-18-10-6-11-30-18/h3-6,8-12,14,17H,2,7,15H2,1H3,(H,26,29). The molecular weight excluding hydrogens is 378 g/mol. The van der Waals surface area contributed by atoms with Crippen LogP contribution in [0.3, 0.4) is 0 Å². The minimum absolute atomic E-state index is 0.308. The first-order valence-electron chi connectivity index (χ1n) is 9.84. The number of hydrogen-bond acceptors (Lipinski definition) is 5. The number of nitriles is 1. The van der Waals surface area contributed by atoms with Crippen LogP contribution in [0, 0.1) is 11.3 Å². The van der Waals surface area contributed by atoms with Gasteiger partial charge >= 0.3 is 0 Å². The summed E-state index contributed by atoms with van der Waals surface area (Å²) in [6.07, 6.45) is 4.65. The minimum Gasteiger partial charge on any atom is -0.467 e. The number of benzene rings is 1. The molecule has 0 aliphatic rings. The second kappa shape index (κ2) is 8.62. The SMILES string of the molecule is CCCC(C#N)NC(=O)c1cc(-c2ccccc2)nc2c1cnn2Cc1ccco1. The molecule has 3 heterocycles. The number of rotatable bonds is 7. The molecule has 1 N–H and O–H groups in total. The average molecular weight is 399 g/mol. The van der Waals surface area contributed by atoms with Gasteiger partial charge in [0.1, 0.15) is 18.3 Å². The maximum atomic E-state index is 13.1. The van der Waals surface area contributed by atoms with Crippen molar-refractivity contribution in [3.8, 4) is 17.3 Å². The number of fused-ring (bicyclic) bond motifs is 1. The summed E-state index contributed by atoms with van der Waals surface area (Å²) >= 11 is 0. The van der Waals surface area contributed by atoms with Crippen molar-refractivity contribution >= 4 is 16.9 Å². The van der Waals surface area contributed by atoms with Crippen LogP contribution >= 0.6 is 0 Å². The fraction of sp³-hybridized carbons (Fsp3) is 0.217. The highest BCUT2D eigenvalue weighted by atomic mass is 16.3. The van der Waals surface area contributed by atoms with Crippen LogP contribution in [-0.4, -0.2) is 26.7 Å². The van der Waals surface area contributed by atoms with Crippen LogP contribution in [0.2, 0.25) is 0 Å². The molecule has 7 nitrogen and oxygen atoms in total. The van der Waals surface area contributed by atoms with E-state index in [9.17, 15) is 10.1 Å². The zero-order valence-electron chi connectivity index (χ0n) is 16.6. The molecule has 0 spiro atoms. The Bertz CT molecular complexity index is 1190. The Morgan fingerprint density at radius 1 is 1.27 bits per heavy atom. The van der Waals surface area contributed by atoms with Crippen LogP contribution < -0.4 is 5.32 Å². The first-order chi connectivity index (χ1) is 14.7. The number of carbonyl (C=O) groups excluding carboxylic acids is 1. The van der Waals surface area contributed by atoms with Gasteiger partial charge < -0.3 is 9.73 Å². The summed E-state index contributed by atoms with van der Waals surface area (Å²) in [5, 5.41) is 17.2. The van der Waals surface area contributed by atoms with E-state index in [1.54, 1.807) is 23.2 Å². The first-order valence-corrected chi connectivity index (χ1v) is 9.84. The predicted molar refractivity (Wildman–Crippen MR) is 113 cm³/mol. The molecule has 0 radical (unpaired) electrons. The van der Waals surface area contributed by atoms with Gasteiger partial charge in [-0.2, -0.15) is 10.4 Å². The Kier molecular flexibility index (Phi) is 5.57. The average Bonchev–Trinajstić information content (AvgIpc) is 3.44. The highest BCUT2D eigenvalue weighted by Crippen LogP contribution is 2.25. The summed E-state index contributed by atoms with van der Waals surface area (Å²) in [7, 11) is 0. The van der Waals surface area contributed by atoms with Gasteiger partial charge in [0.05, 0.1) is 35.2 Å². The van der Waals surface area contributed by atoms with E-state index in [2.05, 4.69) is 16.5 Å². The van der Waals surface area contributed by atoms with E-state index in [4.69, 9.17) is 9.40 Å². The smallest absolute Gasteiger partial charge is 0.253 e. The summed E-state index contributed by atoms with van der Waals surface area (Å²) in [6, 6.07) is 16.7. The molecule has 150 valence electrons. The molecule has 0 aliphatic heterocycles. The third-order valence-corrected chi connectivity index (χ3v) is 4.85. The molecule has 4 aromatic rings. The number of aromatic nitrogens is 3. The lowest BCUT2D eigenvalue weighted by Crippen LogP contribution is -2.33. The van der Waals surface area contributed by atoms with Crippen molar-refractivity contribution in [1.29, 1.82) is 5.26 Å². The van der Waals surface area contributed by atoms with Crippen molar-refractivity contribution in [2.24, 2.45) is 0 Å². The highest BCUT2D eigenvalue weighted by Gasteiger charge is 2.20. The van der Waals surface area contributed by atoms with Crippen molar-refractivity contribution in [1.82, 2.24) is 20.1 Å². The fourth-order valence-corrected chi connectivity index (χ4v) is 3.35. The van der Waals surface area contributed by atoms with Gasteiger partial charge in [0, 0.05) is 5.56 Å². The van der Waals surface area contributed by atoms with Crippen LogP contribution in [-0.2, 0) is 6.54 Å². The fourth-order valence-electron chi connectivity index (χ4n) is 3.35. The molecule has 0 saturated heterocycles. The Morgan fingerprint density at radius 3 is 2.80 bits per heavy atom. The van der Waals surface area contributed by atoms with Gasteiger partial charge in [0.15, 0.2) is 5.65 Å². The lowest BCUT2D eigenvalue weighted by molar-refractivity contribution is 0.0945.